The van der Waals surface area contributed by atoms with Gasteiger partial charge in [-0.05, 0) is 56.3 Å². The molecule has 0 aliphatic carbocycles. The maximum Gasteiger partial charge on any atom is 0.273 e. The number of hydrogen-bond acceptors (Lipinski definition) is 5. The molecule has 8 heteroatoms. The molecule has 0 radical (unpaired) electrons. The van der Waals surface area contributed by atoms with Gasteiger partial charge in [0.15, 0.2) is 5.82 Å². The Labute approximate surface area is 191 Å². The van der Waals surface area contributed by atoms with Crippen LogP contribution in [0.4, 0.5) is 0 Å². The number of fused-ring (bicyclic) bond motifs is 1. The Bertz CT molecular complexity index is 1280. The summed E-state index contributed by atoms with van der Waals surface area (Å²) in [5.74, 6) is 0.993. The number of carbonyl (C=O) groups excluding carboxylic acids is 1. The number of methoxy groups -OCH3 is 1. The van der Waals surface area contributed by atoms with E-state index in [-0.39, 0.29) is 5.91 Å². The van der Waals surface area contributed by atoms with Gasteiger partial charge >= 0.3 is 0 Å². The van der Waals surface area contributed by atoms with E-state index in [1.807, 2.05) is 42.8 Å². The average Bonchev–Trinajstić information content (AvgIpc) is 3.16. The lowest BCUT2D eigenvalue weighted by Crippen LogP contribution is -2.27. The van der Waals surface area contributed by atoms with Crippen molar-refractivity contribution in [3.05, 3.63) is 70.6 Å². The molecule has 0 unspecified atom stereocenters. The molecule has 7 nitrogen and oxygen atoms in total. The van der Waals surface area contributed by atoms with Crippen molar-refractivity contribution in [2.75, 3.05) is 14.2 Å². The van der Waals surface area contributed by atoms with Crippen molar-refractivity contribution in [3.63, 3.8) is 0 Å². The minimum atomic E-state index is -0.210. The van der Waals surface area contributed by atoms with E-state index >= 15 is 0 Å². The van der Waals surface area contributed by atoms with Crippen LogP contribution in [-0.4, -0.2) is 44.7 Å². The minimum Gasteiger partial charge on any atom is -0.497 e. The maximum atomic E-state index is 13.5. The van der Waals surface area contributed by atoms with Gasteiger partial charge in [-0.3, -0.25) is 9.48 Å². The van der Waals surface area contributed by atoms with E-state index in [1.54, 1.807) is 43.5 Å². The smallest absolute Gasteiger partial charge is 0.273 e. The second-order valence-corrected chi connectivity index (χ2v) is 7.95. The van der Waals surface area contributed by atoms with Crippen LogP contribution in [0.25, 0.3) is 22.3 Å². The molecule has 4 rings (SSSR count). The SMILES string of the molecule is CCn1ncc(CN(C)C(=O)c2nc(-c3ccc(OC)cc3)nc3ccc(Cl)cc23)c1C. The van der Waals surface area contributed by atoms with Gasteiger partial charge in [-0.1, -0.05) is 11.6 Å². The fraction of sp³-hybridized carbons (Fsp3) is 0.250. The van der Waals surface area contributed by atoms with Crippen molar-refractivity contribution in [1.82, 2.24) is 24.6 Å². The third-order valence-corrected chi connectivity index (χ3v) is 5.70. The molecule has 0 atom stereocenters. The van der Waals surface area contributed by atoms with Crippen LogP contribution in [0.5, 0.6) is 5.75 Å². The fourth-order valence-electron chi connectivity index (χ4n) is 3.60. The lowest BCUT2D eigenvalue weighted by molar-refractivity contribution is 0.0781. The zero-order valence-corrected chi connectivity index (χ0v) is 19.2. The number of nitrogens with zero attached hydrogens (tertiary/aromatic N) is 5. The van der Waals surface area contributed by atoms with E-state index in [2.05, 4.69) is 15.1 Å². The van der Waals surface area contributed by atoms with E-state index in [9.17, 15) is 4.79 Å². The molecular formula is C24H24ClN5O2. The van der Waals surface area contributed by atoms with Crippen molar-refractivity contribution in [3.8, 4) is 17.1 Å². The Hall–Kier alpha value is -3.45. The summed E-state index contributed by atoms with van der Waals surface area (Å²) in [5, 5.41) is 5.52. The Morgan fingerprint density at radius 3 is 2.56 bits per heavy atom. The summed E-state index contributed by atoms with van der Waals surface area (Å²) in [7, 11) is 3.38. The predicted octanol–water partition coefficient (Wildman–Crippen LogP) is 4.76. The summed E-state index contributed by atoms with van der Waals surface area (Å²) in [5.41, 5.74) is 3.80. The number of aryl methyl sites for hydroxylation is 1. The number of aromatic nitrogens is 4. The second kappa shape index (κ2) is 8.96. The van der Waals surface area contributed by atoms with Crippen LogP contribution < -0.4 is 4.74 Å². The summed E-state index contributed by atoms with van der Waals surface area (Å²) >= 11 is 6.23. The van der Waals surface area contributed by atoms with Gasteiger partial charge in [0.25, 0.3) is 5.91 Å². The van der Waals surface area contributed by atoms with Gasteiger partial charge in [-0.15, -0.1) is 0 Å². The first kappa shape index (κ1) is 21.8. The highest BCUT2D eigenvalue weighted by molar-refractivity contribution is 6.31. The quantitative estimate of drug-likeness (QED) is 0.424. The number of benzene rings is 2. The van der Waals surface area contributed by atoms with Crippen LogP contribution in [0.3, 0.4) is 0 Å². The largest absolute Gasteiger partial charge is 0.497 e. The highest BCUT2D eigenvalue weighted by Gasteiger charge is 2.21. The molecule has 0 fully saturated rings. The highest BCUT2D eigenvalue weighted by atomic mass is 35.5. The number of ether oxygens (including phenoxy) is 1. The monoisotopic (exact) mass is 449 g/mol. The first-order chi connectivity index (χ1) is 15.4. The predicted molar refractivity (Wildman–Crippen MR) is 125 cm³/mol. The molecule has 0 spiro atoms. The zero-order valence-electron chi connectivity index (χ0n) is 18.5. The number of hydrogen-bond donors (Lipinski definition) is 0. The van der Waals surface area contributed by atoms with Gasteiger partial charge in [-0.2, -0.15) is 5.10 Å². The third kappa shape index (κ3) is 4.16. The van der Waals surface area contributed by atoms with Crippen molar-refractivity contribution in [2.45, 2.75) is 26.9 Å². The zero-order chi connectivity index (χ0) is 22.8. The summed E-state index contributed by atoms with van der Waals surface area (Å²) in [4.78, 5) is 24.4. The summed E-state index contributed by atoms with van der Waals surface area (Å²) in [6.45, 7) is 5.25. The molecule has 0 saturated carbocycles. The normalized spacial score (nSPS) is 11.0. The highest BCUT2D eigenvalue weighted by Crippen LogP contribution is 2.26. The molecule has 0 bridgehead atoms. The minimum absolute atomic E-state index is 0.210. The molecule has 0 aliphatic rings. The van der Waals surface area contributed by atoms with Gasteiger partial charge in [0, 0.05) is 47.4 Å². The molecule has 0 aliphatic heterocycles. The van der Waals surface area contributed by atoms with Crippen LogP contribution >= 0.6 is 11.6 Å². The number of halogens is 1. The molecule has 2 aromatic carbocycles. The lowest BCUT2D eigenvalue weighted by Gasteiger charge is -2.18. The average molecular weight is 450 g/mol. The third-order valence-electron chi connectivity index (χ3n) is 5.47. The van der Waals surface area contributed by atoms with Crippen LogP contribution in [0.2, 0.25) is 5.02 Å². The van der Waals surface area contributed by atoms with Crippen molar-refractivity contribution < 1.29 is 9.53 Å². The molecule has 0 N–H and O–H groups in total. The Morgan fingerprint density at radius 2 is 1.91 bits per heavy atom. The lowest BCUT2D eigenvalue weighted by atomic mass is 10.1. The molecule has 4 aromatic rings. The molecule has 1 amide bonds. The molecule has 164 valence electrons. The standard InChI is InChI=1S/C24H24ClN5O2/c1-5-30-15(2)17(13-26-30)14-29(3)24(31)22-20-12-18(25)8-11-21(20)27-23(28-22)16-6-9-19(32-4)10-7-16/h6-13H,5,14H2,1-4H3. The topological polar surface area (TPSA) is 73.1 Å². The van der Waals surface area contributed by atoms with Gasteiger partial charge in [0.1, 0.15) is 11.4 Å². The summed E-state index contributed by atoms with van der Waals surface area (Å²) in [6, 6.07) is 12.7. The van der Waals surface area contributed by atoms with Crippen molar-refractivity contribution >= 4 is 28.4 Å². The summed E-state index contributed by atoms with van der Waals surface area (Å²) in [6.07, 6.45) is 1.81. The number of carbonyl (C=O) groups is 1. The molecule has 0 saturated heterocycles. The van der Waals surface area contributed by atoms with Gasteiger partial charge < -0.3 is 9.64 Å². The molecule has 32 heavy (non-hydrogen) atoms. The van der Waals surface area contributed by atoms with Crippen LogP contribution in [0, 0.1) is 6.92 Å². The van der Waals surface area contributed by atoms with Crippen molar-refractivity contribution in [2.24, 2.45) is 0 Å². The van der Waals surface area contributed by atoms with E-state index in [1.165, 1.54) is 0 Å². The first-order valence-corrected chi connectivity index (χ1v) is 10.7. The Balaban J connectivity index is 1.75. The van der Waals surface area contributed by atoms with E-state index in [0.29, 0.717) is 34.0 Å². The van der Waals surface area contributed by atoms with E-state index in [4.69, 9.17) is 16.3 Å². The number of amides is 1. The van der Waals surface area contributed by atoms with Gasteiger partial charge in [-0.25, -0.2) is 9.97 Å². The number of rotatable bonds is 6. The van der Waals surface area contributed by atoms with E-state index < -0.39 is 0 Å². The maximum absolute atomic E-state index is 13.5. The first-order valence-electron chi connectivity index (χ1n) is 10.3. The van der Waals surface area contributed by atoms with Crippen LogP contribution in [-0.2, 0) is 13.1 Å². The van der Waals surface area contributed by atoms with E-state index in [0.717, 1.165) is 29.1 Å². The molecule has 2 aromatic heterocycles. The Morgan fingerprint density at radius 1 is 1.16 bits per heavy atom. The van der Waals surface area contributed by atoms with Crippen LogP contribution in [0.15, 0.2) is 48.7 Å². The van der Waals surface area contributed by atoms with Crippen LogP contribution in [0.1, 0.15) is 28.7 Å². The fourth-order valence-corrected chi connectivity index (χ4v) is 3.77. The van der Waals surface area contributed by atoms with Gasteiger partial charge in [0.2, 0.25) is 0 Å². The second-order valence-electron chi connectivity index (χ2n) is 7.52. The molecular weight excluding hydrogens is 426 g/mol. The Kier molecular flexibility index (Phi) is 6.10. The van der Waals surface area contributed by atoms with Gasteiger partial charge in [0.05, 0.1) is 18.8 Å². The summed E-state index contributed by atoms with van der Waals surface area (Å²) < 4.78 is 7.15. The molecule has 2 heterocycles. The van der Waals surface area contributed by atoms with Crippen molar-refractivity contribution in [1.29, 1.82) is 0 Å².